The topological polar surface area (TPSA) is 55.4 Å². The van der Waals surface area contributed by atoms with Crippen molar-refractivity contribution in [2.75, 3.05) is 7.11 Å². The van der Waals surface area contributed by atoms with Crippen LogP contribution in [0, 0.1) is 11.6 Å². The Bertz CT molecular complexity index is 767. The molecule has 1 amide bonds. The standard InChI is InChI=1S/C17H14BrF2NO3/c1-24-17(23)15(8-10-3-2-4-11(18)7-10)21-16(22)13-6-5-12(19)9-14(13)20/h2-7,9,15H,8H2,1H3,(H,21,22)/t15-/m0/s1. The van der Waals surface area contributed by atoms with Crippen molar-refractivity contribution in [3.8, 4) is 0 Å². The second-order valence-corrected chi connectivity index (χ2v) is 5.92. The lowest BCUT2D eigenvalue weighted by molar-refractivity contribution is -0.142. The summed E-state index contributed by atoms with van der Waals surface area (Å²) >= 11 is 3.32. The maximum Gasteiger partial charge on any atom is 0.328 e. The number of hydrogen-bond donors (Lipinski definition) is 1. The molecule has 0 saturated heterocycles. The number of carbonyl (C=O) groups excluding carboxylic acids is 2. The molecule has 1 N–H and O–H groups in total. The van der Waals surface area contributed by atoms with E-state index in [1.165, 1.54) is 7.11 Å². The number of methoxy groups -OCH3 is 1. The van der Waals surface area contributed by atoms with Crippen molar-refractivity contribution in [2.45, 2.75) is 12.5 Å². The highest BCUT2D eigenvalue weighted by Gasteiger charge is 2.24. The van der Waals surface area contributed by atoms with Crippen molar-refractivity contribution in [1.29, 1.82) is 0 Å². The zero-order valence-electron chi connectivity index (χ0n) is 12.7. The summed E-state index contributed by atoms with van der Waals surface area (Å²) in [6.45, 7) is 0. The van der Waals surface area contributed by atoms with E-state index in [9.17, 15) is 18.4 Å². The Labute approximate surface area is 145 Å². The molecule has 0 fully saturated rings. The minimum absolute atomic E-state index is 0.167. The van der Waals surface area contributed by atoms with Crippen molar-refractivity contribution >= 4 is 27.8 Å². The van der Waals surface area contributed by atoms with Crippen LogP contribution in [0.15, 0.2) is 46.9 Å². The van der Waals surface area contributed by atoms with Crippen molar-refractivity contribution in [2.24, 2.45) is 0 Å². The van der Waals surface area contributed by atoms with Gasteiger partial charge in [-0.15, -0.1) is 0 Å². The van der Waals surface area contributed by atoms with E-state index in [4.69, 9.17) is 0 Å². The van der Waals surface area contributed by atoms with Crippen molar-refractivity contribution in [3.63, 3.8) is 0 Å². The zero-order valence-corrected chi connectivity index (χ0v) is 14.3. The molecule has 0 aliphatic rings. The van der Waals surface area contributed by atoms with Gasteiger partial charge in [-0.25, -0.2) is 13.6 Å². The van der Waals surface area contributed by atoms with E-state index < -0.39 is 29.6 Å². The first-order chi connectivity index (χ1) is 11.4. The summed E-state index contributed by atoms with van der Waals surface area (Å²) in [5.74, 6) is -3.27. The van der Waals surface area contributed by atoms with Gasteiger partial charge in [-0.2, -0.15) is 0 Å². The molecule has 0 radical (unpaired) electrons. The fourth-order valence-electron chi connectivity index (χ4n) is 2.14. The number of amides is 1. The van der Waals surface area contributed by atoms with Gasteiger partial charge in [0.2, 0.25) is 0 Å². The molecule has 7 heteroatoms. The van der Waals surface area contributed by atoms with E-state index in [0.717, 1.165) is 22.2 Å². The van der Waals surface area contributed by atoms with Crippen molar-refractivity contribution in [3.05, 3.63) is 69.7 Å². The van der Waals surface area contributed by atoms with Crippen LogP contribution in [0.4, 0.5) is 8.78 Å². The first-order valence-electron chi connectivity index (χ1n) is 6.99. The van der Waals surface area contributed by atoms with Gasteiger partial charge in [-0.1, -0.05) is 28.1 Å². The second kappa shape index (κ2) is 8.01. The quantitative estimate of drug-likeness (QED) is 0.787. The molecule has 0 aromatic heterocycles. The second-order valence-electron chi connectivity index (χ2n) is 5.01. The van der Waals surface area contributed by atoms with Gasteiger partial charge in [-0.05, 0) is 29.8 Å². The van der Waals surface area contributed by atoms with Crippen LogP contribution in [-0.4, -0.2) is 25.0 Å². The highest BCUT2D eigenvalue weighted by molar-refractivity contribution is 9.10. The van der Waals surface area contributed by atoms with Gasteiger partial charge in [0, 0.05) is 17.0 Å². The maximum absolute atomic E-state index is 13.7. The molecule has 0 saturated carbocycles. The summed E-state index contributed by atoms with van der Waals surface area (Å²) in [5.41, 5.74) is 0.430. The van der Waals surface area contributed by atoms with E-state index in [0.29, 0.717) is 6.07 Å². The summed E-state index contributed by atoms with van der Waals surface area (Å²) < 4.78 is 32.1. The summed E-state index contributed by atoms with van der Waals surface area (Å²) in [5, 5.41) is 2.42. The fraction of sp³-hybridized carbons (Fsp3) is 0.176. The largest absolute Gasteiger partial charge is 0.467 e. The van der Waals surface area contributed by atoms with E-state index >= 15 is 0 Å². The first kappa shape index (κ1) is 18.1. The minimum atomic E-state index is -1.00. The van der Waals surface area contributed by atoms with Gasteiger partial charge in [0.25, 0.3) is 5.91 Å². The van der Waals surface area contributed by atoms with Crippen LogP contribution in [0.3, 0.4) is 0 Å². The Kier molecular flexibility index (Phi) is 6.03. The fourth-order valence-corrected chi connectivity index (χ4v) is 2.59. The number of halogens is 3. The van der Waals surface area contributed by atoms with Gasteiger partial charge in [0.1, 0.15) is 17.7 Å². The average Bonchev–Trinajstić information content (AvgIpc) is 2.53. The van der Waals surface area contributed by atoms with Gasteiger partial charge in [-0.3, -0.25) is 4.79 Å². The molecule has 126 valence electrons. The molecule has 1 atom stereocenters. The Balaban J connectivity index is 2.19. The summed E-state index contributed by atoms with van der Waals surface area (Å²) in [6.07, 6.45) is 0.167. The summed E-state index contributed by atoms with van der Waals surface area (Å²) in [6, 6.07) is 8.79. The third-order valence-corrected chi connectivity index (χ3v) is 3.79. The lowest BCUT2D eigenvalue weighted by Gasteiger charge is -2.17. The van der Waals surface area contributed by atoms with Crippen LogP contribution in [0.2, 0.25) is 0 Å². The lowest BCUT2D eigenvalue weighted by atomic mass is 10.1. The molecule has 0 unspecified atom stereocenters. The highest BCUT2D eigenvalue weighted by atomic mass is 79.9. The Morgan fingerprint density at radius 2 is 1.96 bits per heavy atom. The third-order valence-electron chi connectivity index (χ3n) is 3.30. The SMILES string of the molecule is COC(=O)[C@H](Cc1cccc(Br)c1)NC(=O)c1ccc(F)cc1F. The lowest BCUT2D eigenvalue weighted by Crippen LogP contribution is -2.43. The molecule has 4 nitrogen and oxygen atoms in total. The number of hydrogen-bond acceptors (Lipinski definition) is 3. The van der Waals surface area contributed by atoms with Crippen LogP contribution in [0.1, 0.15) is 15.9 Å². The number of ether oxygens (including phenoxy) is 1. The smallest absolute Gasteiger partial charge is 0.328 e. The highest BCUT2D eigenvalue weighted by Crippen LogP contribution is 2.15. The number of carbonyl (C=O) groups is 2. The Morgan fingerprint density at radius 1 is 1.21 bits per heavy atom. The molecular formula is C17H14BrF2NO3. The summed E-state index contributed by atoms with van der Waals surface area (Å²) in [7, 11) is 1.20. The molecular weight excluding hydrogens is 384 g/mol. The maximum atomic E-state index is 13.7. The van der Waals surface area contributed by atoms with E-state index in [1.54, 1.807) is 18.2 Å². The van der Waals surface area contributed by atoms with Crippen molar-refractivity contribution in [1.82, 2.24) is 5.32 Å². The van der Waals surface area contributed by atoms with Crippen LogP contribution in [0.5, 0.6) is 0 Å². The molecule has 0 aliphatic carbocycles. The average molecular weight is 398 g/mol. The van der Waals surface area contributed by atoms with E-state index in [1.807, 2.05) is 6.07 Å². The third kappa shape index (κ3) is 4.61. The number of rotatable bonds is 5. The Morgan fingerprint density at radius 3 is 2.58 bits per heavy atom. The van der Waals surface area contributed by atoms with E-state index in [-0.39, 0.29) is 12.0 Å². The predicted octanol–water partition coefficient (Wildman–Crippen LogP) is 3.24. The molecule has 0 aliphatic heterocycles. The van der Waals surface area contributed by atoms with Crippen LogP contribution in [0.25, 0.3) is 0 Å². The van der Waals surface area contributed by atoms with Gasteiger partial charge in [0.05, 0.1) is 12.7 Å². The van der Waals surface area contributed by atoms with Crippen molar-refractivity contribution < 1.29 is 23.1 Å². The molecule has 2 aromatic carbocycles. The molecule has 0 heterocycles. The van der Waals surface area contributed by atoms with Crippen LogP contribution in [-0.2, 0) is 16.0 Å². The first-order valence-corrected chi connectivity index (χ1v) is 7.78. The molecule has 0 spiro atoms. The van der Waals surface area contributed by atoms with E-state index in [2.05, 4.69) is 26.0 Å². The number of benzene rings is 2. The minimum Gasteiger partial charge on any atom is -0.467 e. The monoisotopic (exact) mass is 397 g/mol. The normalized spacial score (nSPS) is 11.7. The van der Waals surface area contributed by atoms with Gasteiger partial charge < -0.3 is 10.1 Å². The van der Waals surface area contributed by atoms with Crippen LogP contribution >= 0.6 is 15.9 Å². The molecule has 0 bridgehead atoms. The number of nitrogens with one attached hydrogen (secondary N) is 1. The predicted molar refractivity (Wildman–Crippen MR) is 87.5 cm³/mol. The molecule has 2 rings (SSSR count). The molecule has 24 heavy (non-hydrogen) atoms. The van der Waals surface area contributed by atoms with Gasteiger partial charge >= 0.3 is 5.97 Å². The number of esters is 1. The summed E-state index contributed by atoms with van der Waals surface area (Å²) in [4.78, 5) is 24.1. The van der Waals surface area contributed by atoms with Gasteiger partial charge in [0.15, 0.2) is 0 Å². The zero-order chi connectivity index (χ0) is 17.7. The Hall–Kier alpha value is -2.28. The molecule has 2 aromatic rings. The van der Waals surface area contributed by atoms with Crippen LogP contribution < -0.4 is 5.32 Å².